The number of ether oxygens (including phenoxy) is 2. The quantitative estimate of drug-likeness (QED) is 0.789. The lowest BCUT2D eigenvalue weighted by atomic mass is 10.1. The molecule has 0 radical (unpaired) electrons. The molecule has 1 aromatic rings. The number of nitrogens with one attached hydrogen (secondary N) is 1. The van der Waals surface area contributed by atoms with E-state index in [0.29, 0.717) is 19.1 Å². The molecule has 0 saturated heterocycles. The van der Waals surface area contributed by atoms with E-state index in [2.05, 4.69) is 37.1 Å². The Morgan fingerprint density at radius 2 is 1.94 bits per heavy atom. The molecule has 0 bridgehead atoms. The predicted molar refractivity (Wildman–Crippen MR) is 72.9 cm³/mol. The van der Waals surface area contributed by atoms with Crippen LogP contribution < -0.4 is 10.1 Å². The largest absolute Gasteiger partial charge is 0.475 e. The van der Waals surface area contributed by atoms with Crippen molar-refractivity contribution in [3.05, 3.63) is 23.4 Å². The molecule has 0 saturated carbocycles. The summed E-state index contributed by atoms with van der Waals surface area (Å²) in [6.45, 7) is 10.4. The van der Waals surface area contributed by atoms with Crippen molar-refractivity contribution in [1.82, 2.24) is 10.3 Å². The van der Waals surface area contributed by atoms with E-state index < -0.39 is 0 Å². The third-order valence-electron chi connectivity index (χ3n) is 2.52. The van der Waals surface area contributed by atoms with Gasteiger partial charge in [0.15, 0.2) is 0 Å². The van der Waals surface area contributed by atoms with Gasteiger partial charge in [-0.05, 0) is 33.3 Å². The highest BCUT2D eigenvalue weighted by atomic mass is 16.5. The molecule has 4 nitrogen and oxygen atoms in total. The summed E-state index contributed by atoms with van der Waals surface area (Å²) in [6.07, 6.45) is 0. The number of nitrogens with zero attached hydrogens (tertiary/aromatic N) is 1. The Kier molecular flexibility index (Phi) is 5.56. The van der Waals surface area contributed by atoms with Crippen molar-refractivity contribution in [1.29, 1.82) is 0 Å². The SMILES string of the molecule is COCCOc1ccc(CNC(C)(C)C)c(C)n1. The zero-order valence-corrected chi connectivity index (χ0v) is 12.0. The maximum Gasteiger partial charge on any atom is 0.213 e. The summed E-state index contributed by atoms with van der Waals surface area (Å²) in [4.78, 5) is 4.43. The number of rotatable bonds is 6. The van der Waals surface area contributed by atoms with Gasteiger partial charge in [0.05, 0.1) is 6.61 Å². The van der Waals surface area contributed by atoms with Crippen molar-refractivity contribution in [2.45, 2.75) is 39.8 Å². The number of aryl methyl sites for hydroxylation is 1. The molecule has 0 aromatic carbocycles. The van der Waals surface area contributed by atoms with E-state index in [1.807, 2.05) is 13.0 Å². The molecule has 0 amide bonds. The molecular weight excluding hydrogens is 228 g/mol. The fraction of sp³-hybridized carbons (Fsp3) is 0.643. The summed E-state index contributed by atoms with van der Waals surface area (Å²) in [5.41, 5.74) is 2.31. The Balaban J connectivity index is 2.56. The fourth-order valence-electron chi connectivity index (χ4n) is 1.42. The summed E-state index contributed by atoms with van der Waals surface area (Å²) < 4.78 is 10.4. The third kappa shape index (κ3) is 5.47. The van der Waals surface area contributed by atoms with Crippen LogP contribution in [-0.4, -0.2) is 30.8 Å². The average Bonchev–Trinajstić information content (AvgIpc) is 2.27. The first kappa shape index (κ1) is 14.9. The van der Waals surface area contributed by atoms with E-state index in [0.717, 1.165) is 12.2 Å². The lowest BCUT2D eigenvalue weighted by Crippen LogP contribution is -2.35. The summed E-state index contributed by atoms with van der Waals surface area (Å²) in [5.74, 6) is 0.657. The fourth-order valence-corrected chi connectivity index (χ4v) is 1.42. The van der Waals surface area contributed by atoms with Crippen LogP contribution in [0.2, 0.25) is 0 Å². The van der Waals surface area contributed by atoms with Crippen LogP contribution in [0.15, 0.2) is 12.1 Å². The summed E-state index contributed by atoms with van der Waals surface area (Å²) in [5, 5.41) is 3.45. The Morgan fingerprint density at radius 3 is 2.50 bits per heavy atom. The highest BCUT2D eigenvalue weighted by Gasteiger charge is 2.10. The molecule has 0 atom stereocenters. The molecule has 102 valence electrons. The van der Waals surface area contributed by atoms with Gasteiger partial charge in [0, 0.05) is 31.0 Å². The van der Waals surface area contributed by atoms with Crippen molar-refractivity contribution in [2.24, 2.45) is 0 Å². The van der Waals surface area contributed by atoms with Crippen molar-refractivity contribution >= 4 is 0 Å². The second kappa shape index (κ2) is 6.71. The molecular formula is C14H24N2O2. The summed E-state index contributed by atoms with van der Waals surface area (Å²) >= 11 is 0. The number of methoxy groups -OCH3 is 1. The first-order valence-corrected chi connectivity index (χ1v) is 6.25. The molecule has 0 fully saturated rings. The molecule has 0 aliphatic carbocycles. The highest BCUT2D eigenvalue weighted by Crippen LogP contribution is 2.13. The zero-order chi connectivity index (χ0) is 13.6. The van der Waals surface area contributed by atoms with Crippen LogP contribution in [0.1, 0.15) is 32.0 Å². The Hall–Kier alpha value is -1.13. The smallest absolute Gasteiger partial charge is 0.213 e. The normalized spacial score (nSPS) is 11.6. The minimum atomic E-state index is 0.111. The highest BCUT2D eigenvalue weighted by molar-refractivity contribution is 5.25. The van der Waals surface area contributed by atoms with Crippen LogP contribution in [0, 0.1) is 6.92 Å². The van der Waals surface area contributed by atoms with Crippen LogP contribution in [0.5, 0.6) is 5.88 Å². The van der Waals surface area contributed by atoms with E-state index >= 15 is 0 Å². The zero-order valence-electron chi connectivity index (χ0n) is 12.0. The first-order valence-electron chi connectivity index (χ1n) is 6.25. The Labute approximate surface area is 110 Å². The number of hydrogen-bond donors (Lipinski definition) is 1. The standard InChI is InChI=1S/C14H24N2O2/c1-11-12(10-15-14(2,3)4)6-7-13(16-11)18-9-8-17-5/h6-7,15H,8-10H2,1-5H3. The van der Waals surface area contributed by atoms with E-state index in [4.69, 9.17) is 9.47 Å². The van der Waals surface area contributed by atoms with Gasteiger partial charge in [-0.15, -0.1) is 0 Å². The molecule has 1 heterocycles. The molecule has 0 spiro atoms. The summed E-state index contributed by atoms with van der Waals surface area (Å²) in [7, 11) is 1.66. The maximum atomic E-state index is 5.47. The number of aromatic nitrogens is 1. The van der Waals surface area contributed by atoms with Crippen molar-refractivity contribution in [3.8, 4) is 5.88 Å². The third-order valence-corrected chi connectivity index (χ3v) is 2.52. The van der Waals surface area contributed by atoms with Crippen molar-refractivity contribution < 1.29 is 9.47 Å². The first-order chi connectivity index (χ1) is 8.42. The number of hydrogen-bond acceptors (Lipinski definition) is 4. The van der Waals surface area contributed by atoms with Gasteiger partial charge in [-0.3, -0.25) is 0 Å². The van der Waals surface area contributed by atoms with E-state index in [9.17, 15) is 0 Å². The Morgan fingerprint density at radius 1 is 1.22 bits per heavy atom. The number of pyridine rings is 1. The molecule has 0 aliphatic rings. The monoisotopic (exact) mass is 252 g/mol. The molecule has 18 heavy (non-hydrogen) atoms. The molecule has 0 aliphatic heterocycles. The topological polar surface area (TPSA) is 43.4 Å². The van der Waals surface area contributed by atoms with Gasteiger partial charge >= 0.3 is 0 Å². The van der Waals surface area contributed by atoms with Crippen LogP contribution >= 0.6 is 0 Å². The molecule has 4 heteroatoms. The van der Waals surface area contributed by atoms with Crippen LogP contribution in [0.4, 0.5) is 0 Å². The van der Waals surface area contributed by atoms with Crippen molar-refractivity contribution in [3.63, 3.8) is 0 Å². The van der Waals surface area contributed by atoms with E-state index in [1.54, 1.807) is 7.11 Å². The van der Waals surface area contributed by atoms with Gasteiger partial charge < -0.3 is 14.8 Å². The van der Waals surface area contributed by atoms with Gasteiger partial charge in [-0.25, -0.2) is 4.98 Å². The van der Waals surface area contributed by atoms with E-state index in [1.165, 1.54) is 5.56 Å². The Bertz CT molecular complexity index is 373. The van der Waals surface area contributed by atoms with E-state index in [-0.39, 0.29) is 5.54 Å². The second-order valence-electron chi connectivity index (χ2n) is 5.34. The lowest BCUT2D eigenvalue weighted by molar-refractivity contribution is 0.143. The second-order valence-corrected chi connectivity index (χ2v) is 5.34. The molecule has 1 N–H and O–H groups in total. The predicted octanol–water partition coefficient (Wildman–Crippen LogP) is 2.30. The van der Waals surface area contributed by atoms with Crippen LogP contribution in [0.25, 0.3) is 0 Å². The van der Waals surface area contributed by atoms with Gasteiger partial charge in [-0.2, -0.15) is 0 Å². The average molecular weight is 252 g/mol. The minimum Gasteiger partial charge on any atom is -0.475 e. The lowest BCUT2D eigenvalue weighted by Gasteiger charge is -2.21. The van der Waals surface area contributed by atoms with Crippen LogP contribution in [-0.2, 0) is 11.3 Å². The summed E-state index contributed by atoms with van der Waals surface area (Å²) in [6, 6.07) is 3.96. The maximum absolute atomic E-state index is 5.47. The van der Waals surface area contributed by atoms with Crippen LogP contribution in [0.3, 0.4) is 0 Å². The van der Waals surface area contributed by atoms with Crippen molar-refractivity contribution in [2.75, 3.05) is 20.3 Å². The van der Waals surface area contributed by atoms with Gasteiger partial charge in [0.25, 0.3) is 0 Å². The molecule has 1 rings (SSSR count). The van der Waals surface area contributed by atoms with Gasteiger partial charge in [0.1, 0.15) is 6.61 Å². The molecule has 1 aromatic heterocycles. The molecule has 0 unspecified atom stereocenters. The minimum absolute atomic E-state index is 0.111. The van der Waals surface area contributed by atoms with Gasteiger partial charge in [-0.1, -0.05) is 6.07 Å². The van der Waals surface area contributed by atoms with Gasteiger partial charge in [0.2, 0.25) is 5.88 Å².